The van der Waals surface area contributed by atoms with E-state index >= 15 is 0 Å². The first kappa shape index (κ1) is 20.9. The summed E-state index contributed by atoms with van der Waals surface area (Å²) in [5.41, 5.74) is 6.66. The molecular weight excluding hydrogens is 388 g/mol. The monoisotopic (exact) mass is 414 g/mol. The van der Waals surface area contributed by atoms with Gasteiger partial charge in [-0.05, 0) is 41.2 Å². The lowest BCUT2D eigenvalue weighted by molar-refractivity contribution is -0.143. The summed E-state index contributed by atoms with van der Waals surface area (Å²) in [4.78, 5) is 11.7. The summed E-state index contributed by atoms with van der Waals surface area (Å²) in [6, 6.07) is 24.3. The summed E-state index contributed by atoms with van der Waals surface area (Å²) < 4.78 is 5.56. The summed E-state index contributed by atoms with van der Waals surface area (Å²) in [5.74, 6) is -0.676. The number of hydrogen-bond donors (Lipinski definition) is 2. The number of methoxy groups -OCH3 is 1. The van der Waals surface area contributed by atoms with Crippen molar-refractivity contribution in [1.82, 2.24) is 0 Å². The van der Waals surface area contributed by atoms with Gasteiger partial charge in [-0.3, -0.25) is 0 Å². The van der Waals surface area contributed by atoms with Crippen LogP contribution in [0.15, 0.2) is 78.4 Å². The van der Waals surface area contributed by atoms with E-state index in [1.54, 1.807) is 7.11 Å². The quantitative estimate of drug-likeness (QED) is 0.550. The second kappa shape index (κ2) is 8.78. The molecule has 1 aliphatic carbocycles. The third kappa shape index (κ3) is 3.75. The van der Waals surface area contributed by atoms with Crippen molar-refractivity contribution < 1.29 is 19.7 Å². The molecule has 0 aliphatic heterocycles. The van der Waals surface area contributed by atoms with Crippen molar-refractivity contribution in [2.45, 2.75) is 31.8 Å². The van der Waals surface area contributed by atoms with Gasteiger partial charge in [0.15, 0.2) is 6.10 Å². The standard InChI is InChI=1S/C27H26O4/c1-3-19-22(16-18-12-7-8-13-20(18)17-10-5-4-6-11-17)21-14-9-15-23(31-2)24(21)25(19)26(28)27(29)30/h4-15,22,26,28H,3,16H2,1-2H3,(H,29,30). The van der Waals surface area contributed by atoms with Crippen molar-refractivity contribution in [3.05, 3.63) is 95.1 Å². The first-order chi connectivity index (χ1) is 15.1. The minimum Gasteiger partial charge on any atom is -0.496 e. The van der Waals surface area contributed by atoms with Crippen LogP contribution >= 0.6 is 0 Å². The van der Waals surface area contributed by atoms with E-state index in [4.69, 9.17) is 4.74 Å². The molecule has 0 aromatic heterocycles. The van der Waals surface area contributed by atoms with Crippen molar-refractivity contribution in [2.75, 3.05) is 7.11 Å². The molecule has 31 heavy (non-hydrogen) atoms. The Morgan fingerprint density at radius 3 is 2.39 bits per heavy atom. The van der Waals surface area contributed by atoms with Gasteiger partial charge in [-0.25, -0.2) is 4.79 Å². The topological polar surface area (TPSA) is 66.8 Å². The van der Waals surface area contributed by atoms with Gasteiger partial charge in [0, 0.05) is 17.1 Å². The van der Waals surface area contributed by atoms with Gasteiger partial charge >= 0.3 is 5.97 Å². The number of carboxylic acids is 1. The van der Waals surface area contributed by atoms with Gasteiger partial charge in [0.2, 0.25) is 0 Å². The number of carbonyl (C=O) groups is 1. The second-order valence-electron chi connectivity index (χ2n) is 7.74. The largest absolute Gasteiger partial charge is 0.496 e. The fourth-order valence-electron chi connectivity index (χ4n) is 4.76. The maximum absolute atomic E-state index is 11.7. The Morgan fingerprint density at radius 1 is 1.00 bits per heavy atom. The molecule has 2 unspecified atom stereocenters. The van der Waals surface area contributed by atoms with Crippen LogP contribution < -0.4 is 4.74 Å². The maximum Gasteiger partial charge on any atom is 0.337 e. The van der Waals surface area contributed by atoms with Crippen molar-refractivity contribution in [1.29, 1.82) is 0 Å². The van der Waals surface area contributed by atoms with Gasteiger partial charge in [0.1, 0.15) is 5.75 Å². The van der Waals surface area contributed by atoms with Crippen LogP contribution in [0.1, 0.15) is 36.0 Å². The highest BCUT2D eigenvalue weighted by Gasteiger charge is 2.38. The van der Waals surface area contributed by atoms with Crippen molar-refractivity contribution in [3.63, 3.8) is 0 Å². The average Bonchev–Trinajstić information content (AvgIpc) is 3.12. The highest BCUT2D eigenvalue weighted by molar-refractivity contribution is 5.96. The number of hydrogen-bond acceptors (Lipinski definition) is 3. The van der Waals surface area contributed by atoms with Crippen LogP contribution in [0.5, 0.6) is 5.75 Å². The van der Waals surface area contributed by atoms with Gasteiger partial charge in [0.25, 0.3) is 0 Å². The third-order valence-corrected chi connectivity index (χ3v) is 6.10. The van der Waals surface area contributed by atoms with Crippen LogP contribution in [0.25, 0.3) is 16.7 Å². The molecule has 3 aromatic carbocycles. The van der Waals surface area contributed by atoms with Crippen LogP contribution in [0, 0.1) is 0 Å². The highest BCUT2D eigenvalue weighted by atomic mass is 16.5. The molecule has 1 aliphatic rings. The lowest BCUT2D eigenvalue weighted by Crippen LogP contribution is -2.21. The Labute approximate surface area is 182 Å². The maximum atomic E-state index is 11.7. The number of aliphatic carboxylic acids is 1. The number of fused-ring (bicyclic) bond motifs is 1. The van der Waals surface area contributed by atoms with Gasteiger partial charge < -0.3 is 14.9 Å². The van der Waals surface area contributed by atoms with E-state index in [1.165, 1.54) is 5.56 Å². The Bertz CT molecular complexity index is 1130. The zero-order valence-electron chi connectivity index (χ0n) is 17.7. The molecule has 0 fully saturated rings. The van der Waals surface area contributed by atoms with E-state index in [0.29, 0.717) is 24.2 Å². The molecule has 0 saturated heterocycles. The summed E-state index contributed by atoms with van der Waals surface area (Å²) in [7, 11) is 1.57. The normalized spacial score (nSPS) is 16.2. The van der Waals surface area contributed by atoms with Crippen LogP contribution in [-0.2, 0) is 11.2 Å². The summed E-state index contributed by atoms with van der Waals surface area (Å²) in [6.07, 6.45) is -0.223. The van der Waals surface area contributed by atoms with Gasteiger partial charge in [-0.15, -0.1) is 0 Å². The van der Waals surface area contributed by atoms with E-state index < -0.39 is 12.1 Å². The number of benzene rings is 3. The van der Waals surface area contributed by atoms with E-state index in [9.17, 15) is 15.0 Å². The molecule has 4 nitrogen and oxygen atoms in total. The van der Waals surface area contributed by atoms with E-state index in [2.05, 4.69) is 24.3 Å². The predicted molar refractivity (Wildman–Crippen MR) is 122 cm³/mol. The number of ether oxygens (including phenoxy) is 1. The predicted octanol–water partition coefficient (Wildman–Crippen LogP) is 5.31. The number of allylic oxidation sites excluding steroid dienone is 1. The fourth-order valence-corrected chi connectivity index (χ4v) is 4.76. The van der Waals surface area contributed by atoms with Crippen molar-refractivity contribution >= 4 is 11.5 Å². The van der Waals surface area contributed by atoms with Crippen LogP contribution in [0.2, 0.25) is 0 Å². The Hall–Kier alpha value is -3.37. The first-order valence-electron chi connectivity index (χ1n) is 10.5. The lowest BCUT2D eigenvalue weighted by Gasteiger charge is -2.19. The lowest BCUT2D eigenvalue weighted by atomic mass is 9.85. The molecule has 4 rings (SSSR count). The van der Waals surface area contributed by atoms with E-state index in [1.807, 2.05) is 55.5 Å². The molecule has 4 heteroatoms. The van der Waals surface area contributed by atoms with Crippen LogP contribution in [0.3, 0.4) is 0 Å². The molecule has 0 heterocycles. The fraction of sp³-hybridized carbons (Fsp3) is 0.222. The smallest absolute Gasteiger partial charge is 0.337 e. The molecule has 0 bridgehead atoms. The summed E-state index contributed by atoms with van der Waals surface area (Å²) in [5, 5.41) is 20.2. The minimum absolute atomic E-state index is 0.0241. The number of carboxylic acid groups (broad SMARTS) is 1. The summed E-state index contributed by atoms with van der Waals surface area (Å²) in [6.45, 7) is 2.01. The first-order valence-corrected chi connectivity index (χ1v) is 10.5. The Morgan fingerprint density at radius 2 is 1.71 bits per heavy atom. The Kier molecular flexibility index (Phi) is 5.92. The molecule has 0 amide bonds. The Balaban J connectivity index is 1.86. The van der Waals surface area contributed by atoms with Crippen LogP contribution in [0.4, 0.5) is 0 Å². The molecule has 0 spiro atoms. The SMILES string of the molecule is CCC1=C(C(O)C(=O)O)c2c(OC)cccc2C1Cc1ccccc1-c1ccccc1. The van der Waals surface area contributed by atoms with Gasteiger partial charge in [-0.2, -0.15) is 0 Å². The van der Waals surface area contributed by atoms with E-state index in [0.717, 1.165) is 27.8 Å². The van der Waals surface area contributed by atoms with Crippen molar-refractivity contribution in [3.8, 4) is 16.9 Å². The van der Waals surface area contributed by atoms with Gasteiger partial charge in [0.05, 0.1) is 7.11 Å². The number of aliphatic hydroxyl groups excluding tert-OH is 1. The molecule has 2 N–H and O–H groups in total. The highest BCUT2D eigenvalue weighted by Crippen LogP contribution is 2.50. The van der Waals surface area contributed by atoms with Crippen molar-refractivity contribution in [2.24, 2.45) is 0 Å². The molecule has 0 radical (unpaired) electrons. The van der Waals surface area contributed by atoms with Gasteiger partial charge in [-0.1, -0.05) is 79.2 Å². The molecule has 2 atom stereocenters. The molecule has 3 aromatic rings. The van der Waals surface area contributed by atoms with Crippen LogP contribution in [-0.4, -0.2) is 29.4 Å². The molecule has 158 valence electrons. The van der Waals surface area contributed by atoms with E-state index in [-0.39, 0.29) is 5.92 Å². The third-order valence-electron chi connectivity index (χ3n) is 6.10. The number of rotatable bonds is 7. The minimum atomic E-state index is -1.58. The molecule has 0 saturated carbocycles. The second-order valence-corrected chi connectivity index (χ2v) is 7.74. The molecular formula is C27H26O4. The average molecular weight is 415 g/mol. The summed E-state index contributed by atoms with van der Waals surface area (Å²) >= 11 is 0. The number of aliphatic hydroxyl groups is 1. The zero-order chi connectivity index (χ0) is 22.0. The zero-order valence-corrected chi connectivity index (χ0v) is 17.7.